The Morgan fingerprint density at radius 3 is 1.81 bits per heavy atom. The molecule has 0 N–H and O–H groups in total. The molecule has 1 saturated heterocycles. The predicted octanol–water partition coefficient (Wildman–Crippen LogP) is 2.48. The van der Waals surface area contributed by atoms with E-state index in [1.807, 2.05) is 12.2 Å². The van der Waals surface area contributed by atoms with E-state index in [-0.39, 0.29) is 10.8 Å². The fourth-order valence-corrected chi connectivity index (χ4v) is 6.63. The first-order valence-corrected chi connectivity index (χ1v) is 7.97. The molecule has 0 aromatic rings. The smallest absolute Gasteiger partial charge is 0.152 e. The second-order valence-corrected chi connectivity index (χ2v) is 7.69. The Balaban J connectivity index is 2.15. The van der Waals surface area contributed by atoms with E-state index in [9.17, 15) is 8.42 Å². The summed E-state index contributed by atoms with van der Waals surface area (Å²) < 4.78 is 24.0. The van der Waals surface area contributed by atoms with E-state index in [4.69, 9.17) is 0 Å². The molecule has 1 heterocycles. The van der Waals surface area contributed by atoms with Gasteiger partial charge in [0.25, 0.3) is 0 Å². The van der Waals surface area contributed by atoms with Gasteiger partial charge in [-0.15, -0.1) is 0 Å². The molecule has 0 aromatic carbocycles. The van der Waals surface area contributed by atoms with Crippen molar-refractivity contribution in [3.05, 3.63) is 24.3 Å². The van der Waals surface area contributed by atoms with Crippen LogP contribution in [0.4, 0.5) is 0 Å². The molecule has 2 unspecified atom stereocenters. The van der Waals surface area contributed by atoms with Crippen molar-refractivity contribution in [3.63, 3.8) is 0 Å². The molecule has 0 bridgehead atoms. The van der Waals surface area contributed by atoms with Crippen LogP contribution in [0.2, 0.25) is 0 Å². The molecule has 0 spiro atoms. The van der Waals surface area contributed by atoms with Crippen molar-refractivity contribution in [3.8, 4) is 0 Å². The molecule has 1 saturated carbocycles. The summed E-state index contributed by atoms with van der Waals surface area (Å²) in [5.41, 5.74) is -0.145. The van der Waals surface area contributed by atoms with Crippen LogP contribution < -0.4 is 0 Å². The Labute approximate surface area is 97.3 Å². The molecule has 1 aliphatic heterocycles. The van der Waals surface area contributed by atoms with Gasteiger partial charge >= 0.3 is 0 Å². The normalized spacial score (nSPS) is 44.8. The van der Waals surface area contributed by atoms with Gasteiger partial charge in [-0.3, -0.25) is 0 Å². The number of hydrogen-bond acceptors (Lipinski definition) is 2. The molecule has 2 nitrogen and oxygen atoms in total. The maximum atomic E-state index is 12.0. The third-order valence-electron chi connectivity index (χ3n) is 4.63. The summed E-state index contributed by atoms with van der Waals surface area (Å²) in [7, 11) is -2.85. The molecule has 3 aliphatic rings. The van der Waals surface area contributed by atoms with Gasteiger partial charge in [0.2, 0.25) is 0 Å². The number of sulfone groups is 1. The van der Waals surface area contributed by atoms with Crippen LogP contribution >= 0.6 is 0 Å². The zero-order valence-electron chi connectivity index (χ0n) is 9.48. The highest BCUT2D eigenvalue weighted by Crippen LogP contribution is 2.58. The summed E-state index contributed by atoms with van der Waals surface area (Å²) in [5.74, 6) is 0.752. The van der Waals surface area contributed by atoms with Gasteiger partial charge in [-0.25, -0.2) is 8.42 Å². The Morgan fingerprint density at radius 2 is 1.31 bits per heavy atom. The SMILES string of the molecule is O=S1(=O)CC23C=CC=CC2(CCCCC3)C1. The van der Waals surface area contributed by atoms with E-state index in [0.717, 1.165) is 12.8 Å². The highest BCUT2D eigenvalue weighted by atomic mass is 32.2. The zero-order valence-corrected chi connectivity index (χ0v) is 10.3. The van der Waals surface area contributed by atoms with Crippen molar-refractivity contribution in [2.45, 2.75) is 32.1 Å². The molecule has 3 rings (SSSR count). The molecule has 88 valence electrons. The predicted molar refractivity (Wildman–Crippen MR) is 64.9 cm³/mol. The second-order valence-electron chi connectivity index (χ2n) is 5.62. The van der Waals surface area contributed by atoms with Crippen LogP contribution in [0.25, 0.3) is 0 Å². The maximum absolute atomic E-state index is 12.0. The molecule has 2 atom stereocenters. The van der Waals surface area contributed by atoms with Crippen LogP contribution in [-0.4, -0.2) is 19.9 Å². The first kappa shape index (κ1) is 10.6. The molecule has 2 fully saturated rings. The second kappa shape index (κ2) is 3.22. The van der Waals surface area contributed by atoms with Crippen LogP contribution in [0.5, 0.6) is 0 Å². The summed E-state index contributed by atoms with van der Waals surface area (Å²) in [6.45, 7) is 0. The Kier molecular flexibility index (Phi) is 2.13. The first-order chi connectivity index (χ1) is 7.58. The minimum atomic E-state index is -2.85. The standard InChI is InChI=1S/C13H18O2S/c14-16(15)10-12-6-2-1-3-7-13(12,11-16)9-5-4-8-12/h4-5,8-9H,1-3,6-7,10-11H2. The molecule has 0 amide bonds. The van der Waals surface area contributed by atoms with Gasteiger partial charge in [-0.2, -0.15) is 0 Å². The largest absolute Gasteiger partial charge is 0.229 e. The summed E-state index contributed by atoms with van der Waals surface area (Å²) >= 11 is 0. The van der Waals surface area contributed by atoms with Crippen molar-refractivity contribution in [1.29, 1.82) is 0 Å². The lowest BCUT2D eigenvalue weighted by molar-refractivity contribution is 0.191. The molecule has 16 heavy (non-hydrogen) atoms. The quantitative estimate of drug-likeness (QED) is 0.649. The number of rotatable bonds is 0. The van der Waals surface area contributed by atoms with Crippen LogP contribution in [-0.2, 0) is 9.84 Å². The average Bonchev–Trinajstić information content (AvgIpc) is 2.33. The third-order valence-corrected chi connectivity index (χ3v) is 6.54. The van der Waals surface area contributed by atoms with E-state index in [1.54, 1.807) is 0 Å². The Morgan fingerprint density at radius 1 is 0.812 bits per heavy atom. The van der Waals surface area contributed by atoms with Gasteiger partial charge in [0.05, 0.1) is 11.5 Å². The molecule has 0 aromatic heterocycles. The molecule has 3 heteroatoms. The van der Waals surface area contributed by atoms with Crippen LogP contribution in [0.1, 0.15) is 32.1 Å². The highest BCUT2D eigenvalue weighted by Gasteiger charge is 2.58. The van der Waals surface area contributed by atoms with E-state index >= 15 is 0 Å². The lowest BCUT2D eigenvalue weighted by Crippen LogP contribution is -2.38. The van der Waals surface area contributed by atoms with Gasteiger partial charge in [-0.1, -0.05) is 43.6 Å². The molecule has 2 aliphatic carbocycles. The number of allylic oxidation sites excluding steroid dienone is 4. The fourth-order valence-electron chi connectivity index (χ4n) is 3.90. The summed E-state index contributed by atoms with van der Waals surface area (Å²) in [6, 6.07) is 0. The first-order valence-electron chi connectivity index (χ1n) is 6.15. The highest BCUT2D eigenvalue weighted by molar-refractivity contribution is 7.91. The molecular weight excluding hydrogens is 220 g/mol. The lowest BCUT2D eigenvalue weighted by atomic mass is 9.61. The zero-order chi connectivity index (χ0) is 11.3. The Bertz CT molecular complexity index is 424. The summed E-state index contributed by atoms with van der Waals surface area (Å²) in [5, 5.41) is 0. The average molecular weight is 238 g/mol. The Hall–Kier alpha value is -0.570. The molecule has 0 radical (unpaired) electrons. The minimum Gasteiger partial charge on any atom is -0.229 e. The monoisotopic (exact) mass is 238 g/mol. The van der Waals surface area contributed by atoms with E-state index in [1.165, 1.54) is 19.3 Å². The van der Waals surface area contributed by atoms with Gasteiger partial charge in [-0.05, 0) is 12.8 Å². The lowest BCUT2D eigenvalue weighted by Gasteiger charge is -2.41. The fraction of sp³-hybridized carbons (Fsp3) is 0.692. The van der Waals surface area contributed by atoms with Crippen molar-refractivity contribution in [1.82, 2.24) is 0 Å². The van der Waals surface area contributed by atoms with Crippen LogP contribution in [0.3, 0.4) is 0 Å². The van der Waals surface area contributed by atoms with Gasteiger partial charge in [0.15, 0.2) is 9.84 Å². The van der Waals surface area contributed by atoms with E-state index in [2.05, 4.69) is 12.2 Å². The van der Waals surface area contributed by atoms with Crippen molar-refractivity contribution in [2.24, 2.45) is 10.8 Å². The summed E-state index contributed by atoms with van der Waals surface area (Å²) in [4.78, 5) is 0. The van der Waals surface area contributed by atoms with Crippen molar-refractivity contribution >= 4 is 9.84 Å². The van der Waals surface area contributed by atoms with Crippen LogP contribution in [0, 0.1) is 10.8 Å². The van der Waals surface area contributed by atoms with Gasteiger partial charge < -0.3 is 0 Å². The van der Waals surface area contributed by atoms with E-state index in [0.29, 0.717) is 11.5 Å². The van der Waals surface area contributed by atoms with Gasteiger partial charge in [0.1, 0.15) is 0 Å². The third kappa shape index (κ3) is 1.33. The van der Waals surface area contributed by atoms with Gasteiger partial charge in [0, 0.05) is 10.8 Å². The maximum Gasteiger partial charge on any atom is 0.152 e. The summed E-state index contributed by atoms with van der Waals surface area (Å²) in [6.07, 6.45) is 14.2. The topological polar surface area (TPSA) is 34.1 Å². The molecular formula is C13H18O2S. The van der Waals surface area contributed by atoms with E-state index < -0.39 is 9.84 Å². The van der Waals surface area contributed by atoms with Crippen molar-refractivity contribution in [2.75, 3.05) is 11.5 Å². The minimum absolute atomic E-state index is 0.0723. The van der Waals surface area contributed by atoms with Crippen LogP contribution in [0.15, 0.2) is 24.3 Å². The number of hydrogen-bond donors (Lipinski definition) is 0. The van der Waals surface area contributed by atoms with Crippen molar-refractivity contribution < 1.29 is 8.42 Å².